The number of benzene rings is 2. The minimum absolute atomic E-state index is 0.0868. The zero-order valence-corrected chi connectivity index (χ0v) is 19.8. The predicted molar refractivity (Wildman–Crippen MR) is 125 cm³/mol. The number of halogens is 1. The minimum atomic E-state index is -3.48. The Morgan fingerprint density at radius 1 is 1.20 bits per heavy atom. The summed E-state index contributed by atoms with van der Waals surface area (Å²) in [5, 5.41) is 13.4. The van der Waals surface area contributed by atoms with E-state index < -0.39 is 16.0 Å². The number of carboxylic acid groups (broad SMARTS) is 1. The van der Waals surface area contributed by atoms with Gasteiger partial charge in [-0.25, -0.2) is 22.3 Å². The highest BCUT2D eigenvalue weighted by molar-refractivity contribution is 7.88. The van der Waals surface area contributed by atoms with Gasteiger partial charge in [0.2, 0.25) is 10.0 Å². The summed E-state index contributed by atoms with van der Waals surface area (Å²) in [5.74, 6) is -1.20. The fourth-order valence-corrected chi connectivity index (χ4v) is 3.25. The van der Waals surface area contributed by atoms with Crippen LogP contribution in [0.4, 0.5) is 4.39 Å². The minimum Gasteiger partial charge on any atom is -0.478 e. The molecule has 3 aromatic rings. The molecule has 0 amide bonds. The summed E-state index contributed by atoms with van der Waals surface area (Å²) in [6.45, 7) is 2.19. The van der Waals surface area contributed by atoms with Gasteiger partial charge >= 0.3 is 5.97 Å². The van der Waals surface area contributed by atoms with Crippen LogP contribution in [-0.4, -0.2) is 37.5 Å². The molecule has 0 saturated carbocycles. The Balaban J connectivity index is 1.88. The van der Waals surface area contributed by atoms with Gasteiger partial charge in [-0.3, -0.25) is 10.3 Å². The molecule has 10 nitrogen and oxygen atoms in total. The number of hydrogen-bond donors (Lipinski definition) is 3. The highest BCUT2D eigenvalue weighted by atomic mass is 32.2. The maximum atomic E-state index is 13.2. The van der Waals surface area contributed by atoms with Crippen molar-refractivity contribution in [1.82, 2.24) is 15.4 Å². The fourth-order valence-electron chi connectivity index (χ4n) is 2.82. The van der Waals surface area contributed by atoms with Crippen molar-refractivity contribution in [1.29, 1.82) is 0 Å². The predicted octanol–water partition coefficient (Wildman–Crippen LogP) is 3.54. The van der Waals surface area contributed by atoms with Crippen LogP contribution < -0.4 is 14.9 Å². The maximum absolute atomic E-state index is 13.2. The van der Waals surface area contributed by atoms with Crippen molar-refractivity contribution in [2.45, 2.75) is 19.9 Å². The van der Waals surface area contributed by atoms with Crippen molar-refractivity contribution in [2.75, 3.05) is 12.9 Å². The van der Waals surface area contributed by atoms with Crippen LogP contribution in [0.1, 0.15) is 35.0 Å². The summed E-state index contributed by atoms with van der Waals surface area (Å²) in [6.07, 6.45) is 2.98. The van der Waals surface area contributed by atoms with Crippen LogP contribution >= 0.6 is 0 Å². The number of hydroxylamine groups is 1. The van der Waals surface area contributed by atoms with Gasteiger partial charge < -0.3 is 14.4 Å². The lowest BCUT2D eigenvalue weighted by Gasteiger charge is -2.10. The topological polar surface area (TPSA) is 140 Å². The molecule has 12 heteroatoms. The molecule has 35 heavy (non-hydrogen) atoms. The molecule has 3 N–H and O–H groups in total. The van der Waals surface area contributed by atoms with E-state index in [1.807, 2.05) is 6.92 Å². The van der Waals surface area contributed by atoms with E-state index in [4.69, 9.17) is 14.1 Å². The summed E-state index contributed by atoms with van der Waals surface area (Å²) in [5.41, 5.74) is 4.34. The second-order valence-corrected chi connectivity index (χ2v) is 9.28. The average molecular weight is 506 g/mol. The SMILES string of the molecule is CCCONC(=COc1cc(CNS(C)(=O)=O)cc(C(=O)O)c1)c1cc(-c2ccc(F)cc2)no1. The quantitative estimate of drug-likeness (QED) is 0.191. The van der Waals surface area contributed by atoms with Gasteiger partial charge in [0.05, 0.1) is 18.4 Å². The van der Waals surface area contributed by atoms with E-state index in [1.54, 1.807) is 18.2 Å². The normalized spacial score (nSPS) is 11.9. The van der Waals surface area contributed by atoms with Crippen molar-refractivity contribution >= 4 is 21.7 Å². The standard InChI is InChI=1S/C23H24FN3O7S/c1-3-8-33-26-21(22-12-20(27-34-22)16-4-6-18(24)7-5-16)14-32-19-10-15(13-25-35(2,30)31)9-17(11-19)23(28)29/h4-7,9-12,14,25-26H,3,8,13H2,1-2H3,(H,28,29). The van der Waals surface area contributed by atoms with Crippen molar-refractivity contribution in [2.24, 2.45) is 0 Å². The van der Waals surface area contributed by atoms with Gasteiger partial charge in [0, 0.05) is 18.2 Å². The Morgan fingerprint density at radius 3 is 2.60 bits per heavy atom. The molecule has 0 fully saturated rings. The Kier molecular flexibility index (Phi) is 8.58. The van der Waals surface area contributed by atoms with Crippen molar-refractivity contribution < 1.29 is 36.8 Å². The molecule has 0 atom stereocenters. The first-order chi connectivity index (χ1) is 16.6. The molecule has 0 bridgehead atoms. The number of rotatable bonds is 12. The molecule has 0 aliphatic carbocycles. The lowest BCUT2D eigenvalue weighted by Crippen LogP contribution is -2.21. The van der Waals surface area contributed by atoms with E-state index in [0.717, 1.165) is 12.7 Å². The Bertz CT molecular complexity index is 1300. The highest BCUT2D eigenvalue weighted by Crippen LogP contribution is 2.24. The van der Waals surface area contributed by atoms with Gasteiger partial charge in [0.25, 0.3) is 0 Å². The molecule has 1 heterocycles. The van der Waals surface area contributed by atoms with Gasteiger partial charge in [-0.15, -0.1) is 0 Å². The first-order valence-corrected chi connectivity index (χ1v) is 12.3. The molecule has 0 radical (unpaired) electrons. The van der Waals surface area contributed by atoms with Crippen LogP contribution in [0.5, 0.6) is 5.75 Å². The third-order valence-electron chi connectivity index (χ3n) is 4.47. The van der Waals surface area contributed by atoms with Crippen LogP contribution in [0.3, 0.4) is 0 Å². The molecule has 0 unspecified atom stereocenters. The molecule has 0 spiro atoms. The van der Waals surface area contributed by atoms with E-state index in [0.29, 0.717) is 23.4 Å². The molecule has 0 aliphatic heterocycles. The first-order valence-electron chi connectivity index (χ1n) is 10.4. The second kappa shape index (κ2) is 11.6. The van der Waals surface area contributed by atoms with E-state index in [-0.39, 0.29) is 35.1 Å². The van der Waals surface area contributed by atoms with Gasteiger partial charge in [0.15, 0.2) is 5.76 Å². The lowest BCUT2D eigenvalue weighted by molar-refractivity contribution is 0.0696. The lowest BCUT2D eigenvalue weighted by atomic mass is 10.1. The summed E-state index contributed by atoms with van der Waals surface area (Å²) in [4.78, 5) is 16.9. The van der Waals surface area contributed by atoms with Gasteiger partial charge in [0.1, 0.15) is 29.2 Å². The van der Waals surface area contributed by atoms with E-state index >= 15 is 0 Å². The van der Waals surface area contributed by atoms with Crippen LogP contribution in [0.2, 0.25) is 0 Å². The number of ether oxygens (including phenoxy) is 1. The smallest absolute Gasteiger partial charge is 0.335 e. The van der Waals surface area contributed by atoms with Crippen molar-refractivity contribution in [3.63, 3.8) is 0 Å². The van der Waals surface area contributed by atoms with E-state index in [2.05, 4.69) is 15.4 Å². The van der Waals surface area contributed by atoms with E-state index in [1.165, 1.54) is 36.6 Å². The van der Waals surface area contributed by atoms with Gasteiger partial charge in [-0.1, -0.05) is 12.1 Å². The van der Waals surface area contributed by atoms with E-state index in [9.17, 15) is 22.7 Å². The molecule has 2 aromatic carbocycles. The average Bonchev–Trinajstić information content (AvgIpc) is 3.30. The summed E-state index contributed by atoms with van der Waals surface area (Å²) >= 11 is 0. The van der Waals surface area contributed by atoms with Crippen LogP contribution in [0, 0.1) is 5.82 Å². The number of aromatic carboxylic acids is 1. The molecular weight excluding hydrogens is 481 g/mol. The Hall–Kier alpha value is -3.74. The number of carboxylic acids is 1. The number of nitrogens with zero attached hydrogens (tertiary/aromatic N) is 1. The molecule has 0 saturated heterocycles. The van der Waals surface area contributed by atoms with Crippen molar-refractivity contribution in [3.8, 4) is 17.0 Å². The first kappa shape index (κ1) is 25.9. The third kappa shape index (κ3) is 7.91. The monoisotopic (exact) mass is 505 g/mol. The number of aromatic nitrogens is 1. The highest BCUT2D eigenvalue weighted by Gasteiger charge is 2.14. The van der Waals surface area contributed by atoms with Crippen molar-refractivity contribution in [3.05, 3.63) is 77.5 Å². The largest absolute Gasteiger partial charge is 0.478 e. The molecular formula is C23H24FN3O7S. The van der Waals surface area contributed by atoms with Gasteiger partial charge in [-0.05, 0) is 54.4 Å². The zero-order chi connectivity index (χ0) is 25.4. The number of nitrogens with one attached hydrogen (secondary N) is 2. The fraction of sp³-hybridized carbons (Fsp3) is 0.217. The second-order valence-electron chi connectivity index (χ2n) is 7.45. The maximum Gasteiger partial charge on any atom is 0.335 e. The van der Waals surface area contributed by atoms with Crippen LogP contribution in [0.15, 0.2) is 59.3 Å². The number of hydrogen-bond acceptors (Lipinski definition) is 8. The van der Waals surface area contributed by atoms with Crippen LogP contribution in [-0.2, 0) is 21.4 Å². The Morgan fingerprint density at radius 2 is 1.94 bits per heavy atom. The summed E-state index contributed by atoms with van der Waals surface area (Å²) < 4.78 is 49.4. The van der Waals surface area contributed by atoms with Gasteiger partial charge in [-0.2, -0.15) is 0 Å². The third-order valence-corrected chi connectivity index (χ3v) is 5.14. The van der Waals surface area contributed by atoms with Crippen LogP contribution in [0.25, 0.3) is 17.0 Å². The molecule has 0 aliphatic rings. The molecule has 186 valence electrons. The molecule has 1 aromatic heterocycles. The Labute approximate surface area is 201 Å². The zero-order valence-electron chi connectivity index (χ0n) is 18.9. The number of carbonyl (C=O) groups is 1. The summed E-state index contributed by atoms with van der Waals surface area (Å²) in [7, 11) is -3.48. The number of sulfonamides is 1. The summed E-state index contributed by atoms with van der Waals surface area (Å²) in [6, 6.07) is 11.4. The molecule has 3 rings (SSSR count).